The molecule has 0 aromatic heterocycles. The van der Waals surface area contributed by atoms with E-state index in [1.54, 1.807) is 0 Å². The highest BCUT2D eigenvalue weighted by molar-refractivity contribution is 6.37. The van der Waals surface area contributed by atoms with Crippen LogP contribution in [-0.4, -0.2) is 11.6 Å². The number of carbonyl (C=O) groups is 2. The molecule has 0 N–H and O–H groups in total. The first-order valence-corrected chi connectivity index (χ1v) is 4.17. The third-order valence-electron chi connectivity index (χ3n) is 2.44. The van der Waals surface area contributed by atoms with E-state index in [4.69, 9.17) is 0 Å². The van der Waals surface area contributed by atoms with Gasteiger partial charge in [0.05, 0.1) is 0 Å². The van der Waals surface area contributed by atoms with Gasteiger partial charge in [-0.3, -0.25) is 9.59 Å². The van der Waals surface area contributed by atoms with Crippen molar-refractivity contribution in [3.8, 4) is 0 Å². The van der Waals surface area contributed by atoms with Crippen molar-refractivity contribution < 1.29 is 9.59 Å². The Morgan fingerprint density at radius 2 is 1.91 bits per heavy atom. The van der Waals surface area contributed by atoms with Crippen molar-refractivity contribution in [3.63, 3.8) is 0 Å². The molecule has 0 spiro atoms. The smallest absolute Gasteiger partial charge is 0.198 e. The van der Waals surface area contributed by atoms with Crippen molar-refractivity contribution in [2.75, 3.05) is 0 Å². The Hall–Kier alpha value is -0.660. The van der Waals surface area contributed by atoms with Crippen molar-refractivity contribution in [2.24, 2.45) is 11.8 Å². The summed E-state index contributed by atoms with van der Waals surface area (Å²) in [5, 5.41) is 0. The molecule has 1 aliphatic carbocycles. The van der Waals surface area contributed by atoms with E-state index in [2.05, 4.69) is 13.8 Å². The second kappa shape index (κ2) is 3.16. The second-order valence-corrected chi connectivity index (χ2v) is 3.59. The van der Waals surface area contributed by atoms with Gasteiger partial charge >= 0.3 is 0 Å². The summed E-state index contributed by atoms with van der Waals surface area (Å²) >= 11 is 0. The Morgan fingerprint density at radius 1 is 1.27 bits per heavy atom. The SMILES string of the molecule is CC(C)C1CCC(=O)C(=O)C1. The van der Waals surface area contributed by atoms with E-state index in [-0.39, 0.29) is 11.6 Å². The molecule has 0 aliphatic heterocycles. The van der Waals surface area contributed by atoms with Crippen LogP contribution in [0.2, 0.25) is 0 Å². The summed E-state index contributed by atoms with van der Waals surface area (Å²) in [6.45, 7) is 4.21. The zero-order valence-corrected chi connectivity index (χ0v) is 7.09. The minimum atomic E-state index is -0.165. The molecule has 62 valence electrons. The highest BCUT2D eigenvalue weighted by Gasteiger charge is 2.27. The molecule has 0 bridgehead atoms. The van der Waals surface area contributed by atoms with Gasteiger partial charge in [0.2, 0.25) is 0 Å². The number of hydrogen-bond acceptors (Lipinski definition) is 2. The molecule has 1 saturated carbocycles. The van der Waals surface area contributed by atoms with E-state index in [0.29, 0.717) is 24.7 Å². The van der Waals surface area contributed by atoms with E-state index in [9.17, 15) is 9.59 Å². The number of Topliss-reactive ketones (excluding diaryl/α,β-unsaturated/α-hetero) is 2. The molecule has 0 amide bonds. The summed E-state index contributed by atoms with van der Waals surface area (Å²) in [6.07, 6.45) is 1.86. The topological polar surface area (TPSA) is 34.1 Å². The third kappa shape index (κ3) is 1.88. The molecule has 1 rings (SSSR count). The Morgan fingerprint density at radius 3 is 2.36 bits per heavy atom. The number of ketones is 2. The minimum Gasteiger partial charge on any atom is -0.291 e. The van der Waals surface area contributed by atoms with Gasteiger partial charge < -0.3 is 0 Å². The summed E-state index contributed by atoms with van der Waals surface area (Å²) < 4.78 is 0. The first kappa shape index (κ1) is 8.44. The molecule has 0 aromatic carbocycles. The zero-order valence-electron chi connectivity index (χ0n) is 7.09. The molecule has 2 heteroatoms. The standard InChI is InChI=1S/C9H14O2/c1-6(2)7-3-4-8(10)9(11)5-7/h6-7H,3-5H2,1-2H3. The largest absolute Gasteiger partial charge is 0.291 e. The predicted molar refractivity (Wildman–Crippen MR) is 42.2 cm³/mol. The molecule has 0 aromatic rings. The van der Waals surface area contributed by atoms with E-state index >= 15 is 0 Å². The lowest BCUT2D eigenvalue weighted by Gasteiger charge is -2.22. The normalized spacial score (nSPS) is 26.3. The van der Waals surface area contributed by atoms with E-state index in [1.165, 1.54) is 0 Å². The molecule has 1 unspecified atom stereocenters. The lowest BCUT2D eigenvalue weighted by atomic mass is 9.81. The lowest BCUT2D eigenvalue weighted by Crippen LogP contribution is -2.27. The van der Waals surface area contributed by atoms with Gasteiger partial charge in [0.15, 0.2) is 11.6 Å². The maximum Gasteiger partial charge on any atom is 0.198 e. The third-order valence-corrected chi connectivity index (χ3v) is 2.44. The molecule has 0 saturated heterocycles. The predicted octanol–water partition coefficient (Wildman–Crippen LogP) is 1.58. The molecular formula is C9H14O2. The average Bonchev–Trinajstić information content (AvgIpc) is 1.94. The van der Waals surface area contributed by atoms with E-state index in [0.717, 1.165) is 6.42 Å². The highest BCUT2D eigenvalue weighted by atomic mass is 16.2. The van der Waals surface area contributed by atoms with Crippen LogP contribution in [0.25, 0.3) is 0 Å². The molecule has 0 heterocycles. The van der Waals surface area contributed by atoms with Gasteiger partial charge in [0, 0.05) is 12.8 Å². The molecule has 11 heavy (non-hydrogen) atoms. The van der Waals surface area contributed by atoms with Crippen molar-refractivity contribution in [1.82, 2.24) is 0 Å². The van der Waals surface area contributed by atoms with Gasteiger partial charge in [-0.05, 0) is 18.3 Å². The molecular weight excluding hydrogens is 140 g/mol. The summed E-state index contributed by atoms with van der Waals surface area (Å²) in [6, 6.07) is 0. The van der Waals surface area contributed by atoms with E-state index in [1.807, 2.05) is 0 Å². The van der Waals surface area contributed by atoms with Crippen LogP contribution in [-0.2, 0) is 9.59 Å². The van der Waals surface area contributed by atoms with Gasteiger partial charge in [-0.2, -0.15) is 0 Å². The van der Waals surface area contributed by atoms with Crippen molar-refractivity contribution in [1.29, 1.82) is 0 Å². The van der Waals surface area contributed by atoms with Crippen molar-refractivity contribution >= 4 is 11.6 Å². The first-order chi connectivity index (χ1) is 5.11. The summed E-state index contributed by atoms with van der Waals surface area (Å²) in [5.74, 6) is 0.657. The minimum absolute atomic E-state index is 0.157. The highest BCUT2D eigenvalue weighted by Crippen LogP contribution is 2.25. The number of rotatable bonds is 1. The number of carbonyl (C=O) groups excluding carboxylic acids is 2. The summed E-state index contributed by atoms with van der Waals surface area (Å²) in [4.78, 5) is 21.8. The van der Waals surface area contributed by atoms with Crippen LogP contribution in [0.15, 0.2) is 0 Å². The number of hydrogen-bond donors (Lipinski definition) is 0. The van der Waals surface area contributed by atoms with Crippen LogP contribution >= 0.6 is 0 Å². The van der Waals surface area contributed by atoms with Gasteiger partial charge in [-0.25, -0.2) is 0 Å². The maximum atomic E-state index is 11.0. The fraction of sp³-hybridized carbons (Fsp3) is 0.778. The van der Waals surface area contributed by atoms with Crippen LogP contribution in [0.3, 0.4) is 0 Å². The molecule has 1 atom stereocenters. The fourth-order valence-electron chi connectivity index (χ4n) is 1.48. The average molecular weight is 154 g/mol. The Labute approximate surface area is 67.0 Å². The van der Waals surface area contributed by atoms with Crippen molar-refractivity contribution in [3.05, 3.63) is 0 Å². The van der Waals surface area contributed by atoms with Gasteiger partial charge in [-0.1, -0.05) is 13.8 Å². The Balaban J connectivity index is 2.53. The summed E-state index contributed by atoms with van der Waals surface area (Å²) in [7, 11) is 0. The Bertz CT molecular complexity index is 182. The quantitative estimate of drug-likeness (QED) is 0.537. The maximum absolute atomic E-state index is 11.0. The molecule has 1 aliphatic rings. The summed E-state index contributed by atoms with van der Waals surface area (Å²) in [5.41, 5.74) is 0. The van der Waals surface area contributed by atoms with Crippen LogP contribution in [0.5, 0.6) is 0 Å². The van der Waals surface area contributed by atoms with Crippen LogP contribution in [0, 0.1) is 11.8 Å². The van der Waals surface area contributed by atoms with Gasteiger partial charge in [0.1, 0.15) is 0 Å². The monoisotopic (exact) mass is 154 g/mol. The first-order valence-electron chi connectivity index (χ1n) is 4.17. The zero-order chi connectivity index (χ0) is 8.43. The fourth-order valence-corrected chi connectivity index (χ4v) is 1.48. The second-order valence-electron chi connectivity index (χ2n) is 3.59. The van der Waals surface area contributed by atoms with Gasteiger partial charge in [-0.15, -0.1) is 0 Å². The van der Waals surface area contributed by atoms with E-state index < -0.39 is 0 Å². The van der Waals surface area contributed by atoms with Crippen LogP contribution in [0.4, 0.5) is 0 Å². The van der Waals surface area contributed by atoms with Crippen molar-refractivity contribution in [2.45, 2.75) is 33.1 Å². The lowest BCUT2D eigenvalue weighted by molar-refractivity contribution is -0.139. The molecule has 1 fully saturated rings. The van der Waals surface area contributed by atoms with Crippen LogP contribution in [0.1, 0.15) is 33.1 Å². The van der Waals surface area contributed by atoms with Gasteiger partial charge in [0.25, 0.3) is 0 Å². The molecule has 2 nitrogen and oxygen atoms in total. The van der Waals surface area contributed by atoms with Crippen LogP contribution < -0.4 is 0 Å². The molecule has 0 radical (unpaired) electrons. The Kier molecular flexibility index (Phi) is 2.42.